The van der Waals surface area contributed by atoms with E-state index in [0.717, 1.165) is 4.68 Å². The maximum atomic E-state index is 12.1. The Morgan fingerprint density at radius 2 is 2.32 bits per heavy atom. The molecule has 1 heterocycles. The lowest BCUT2D eigenvalue weighted by molar-refractivity contribution is -0.142. The summed E-state index contributed by atoms with van der Waals surface area (Å²) < 4.78 is 37.1. The van der Waals surface area contributed by atoms with Crippen molar-refractivity contribution in [3.63, 3.8) is 0 Å². The number of rotatable bonds is 5. The summed E-state index contributed by atoms with van der Waals surface area (Å²) >= 11 is 0. The summed E-state index contributed by atoms with van der Waals surface area (Å²) in [6.45, 7) is 0.467. The van der Waals surface area contributed by atoms with Gasteiger partial charge in [0.15, 0.2) is 0 Å². The fraction of sp³-hybridized carbons (Fsp3) is 0.455. The number of anilines is 1. The Kier molecular flexibility index (Phi) is 4.80. The molecule has 5 nitrogen and oxygen atoms in total. The van der Waals surface area contributed by atoms with Crippen LogP contribution in [0.2, 0.25) is 0 Å². The van der Waals surface area contributed by atoms with Gasteiger partial charge < -0.3 is 10.6 Å². The van der Waals surface area contributed by atoms with E-state index in [4.69, 9.17) is 6.42 Å². The fourth-order valence-electron chi connectivity index (χ4n) is 1.29. The molecule has 1 amide bonds. The molecule has 0 fully saturated rings. The third-order valence-electron chi connectivity index (χ3n) is 2.10. The molecule has 0 saturated carbocycles. The first-order chi connectivity index (χ1) is 8.81. The number of nitrogens with one attached hydrogen (secondary N) is 2. The first-order valence-electron chi connectivity index (χ1n) is 5.40. The van der Waals surface area contributed by atoms with Crippen molar-refractivity contribution < 1.29 is 18.0 Å². The first-order valence-corrected chi connectivity index (χ1v) is 5.40. The van der Waals surface area contributed by atoms with Gasteiger partial charge in [0, 0.05) is 12.3 Å². The zero-order valence-electron chi connectivity index (χ0n) is 10.2. The maximum Gasteiger partial charge on any atom is 0.408 e. The van der Waals surface area contributed by atoms with Gasteiger partial charge in [-0.25, -0.2) is 0 Å². The van der Waals surface area contributed by atoms with Crippen molar-refractivity contribution in [3.8, 4) is 12.3 Å². The number of amides is 1. The number of alkyl halides is 3. The van der Waals surface area contributed by atoms with Gasteiger partial charge >= 0.3 is 6.18 Å². The van der Waals surface area contributed by atoms with Gasteiger partial charge in [-0.1, -0.05) is 5.92 Å². The van der Waals surface area contributed by atoms with Gasteiger partial charge in [-0.3, -0.25) is 9.48 Å². The Bertz CT molecular complexity index is 475. The quantitative estimate of drug-likeness (QED) is 0.787. The van der Waals surface area contributed by atoms with E-state index in [0.29, 0.717) is 0 Å². The zero-order chi connectivity index (χ0) is 14.5. The van der Waals surface area contributed by atoms with E-state index in [9.17, 15) is 18.0 Å². The van der Waals surface area contributed by atoms with Crippen molar-refractivity contribution in [1.82, 2.24) is 15.1 Å². The highest BCUT2D eigenvalue weighted by molar-refractivity contribution is 5.84. The highest BCUT2D eigenvalue weighted by Gasteiger charge is 2.28. The van der Waals surface area contributed by atoms with Crippen LogP contribution in [0.15, 0.2) is 12.3 Å². The molecule has 1 aromatic heterocycles. The molecule has 1 aromatic rings. The highest BCUT2D eigenvalue weighted by Crippen LogP contribution is 2.17. The Morgan fingerprint density at radius 3 is 2.89 bits per heavy atom. The molecule has 0 radical (unpaired) electrons. The lowest BCUT2D eigenvalue weighted by atomic mass is 10.3. The largest absolute Gasteiger partial charge is 0.408 e. The molecule has 1 rings (SSSR count). The van der Waals surface area contributed by atoms with Crippen molar-refractivity contribution in [2.75, 3.05) is 11.9 Å². The third kappa shape index (κ3) is 5.33. The summed E-state index contributed by atoms with van der Waals surface area (Å²) in [6.07, 6.45) is 1.83. The van der Waals surface area contributed by atoms with Crippen LogP contribution < -0.4 is 10.6 Å². The normalized spacial score (nSPS) is 12.6. The SMILES string of the molecule is C#CCNC(=O)C(C)Nc1ccn(CC(F)(F)F)n1. The number of carbonyl (C=O) groups excluding carboxylic acids is 1. The lowest BCUT2D eigenvalue weighted by Gasteiger charge is -2.12. The molecule has 104 valence electrons. The summed E-state index contributed by atoms with van der Waals surface area (Å²) in [6, 6.07) is 0.707. The second-order valence-corrected chi connectivity index (χ2v) is 3.80. The molecule has 8 heteroatoms. The van der Waals surface area contributed by atoms with Crippen LogP contribution in [0.3, 0.4) is 0 Å². The molecule has 0 aliphatic heterocycles. The molecule has 0 bridgehead atoms. The summed E-state index contributed by atoms with van der Waals surface area (Å²) in [5, 5.41) is 8.79. The molecule has 19 heavy (non-hydrogen) atoms. The molecular formula is C11H13F3N4O. The summed E-state index contributed by atoms with van der Waals surface area (Å²) in [7, 11) is 0. The maximum absolute atomic E-state index is 12.1. The van der Waals surface area contributed by atoms with Gasteiger partial charge in [0.05, 0.1) is 6.54 Å². The van der Waals surface area contributed by atoms with Crippen LogP contribution in [0.25, 0.3) is 0 Å². The van der Waals surface area contributed by atoms with Crippen LogP contribution in [0, 0.1) is 12.3 Å². The number of aromatic nitrogens is 2. The van der Waals surface area contributed by atoms with Gasteiger partial charge in [0.25, 0.3) is 0 Å². The number of hydrogen-bond donors (Lipinski definition) is 2. The van der Waals surface area contributed by atoms with E-state index < -0.39 is 18.8 Å². The van der Waals surface area contributed by atoms with Crippen molar-refractivity contribution in [3.05, 3.63) is 12.3 Å². The Balaban J connectivity index is 2.54. The van der Waals surface area contributed by atoms with Gasteiger partial charge in [-0.15, -0.1) is 6.42 Å². The summed E-state index contributed by atoms with van der Waals surface area (Å²) in [4.78, 5) is 11.5. The summed E-state index contributed by atoms with van der Waals surface area (Å²) in [5.41, 5.74) is 0. The average Bonchev–Trinajstić information content (AvgIpc) is 2.70. The van der Waals surface area contributed by atoms with E-state index in [1.165, 1.54) is 12.3 Å². The Hall–Kier alpha value is -2.17. The van der Waals surface area contributed by atoms with Gasteiger partial charge in [0.1, 0.15) is 18.4 Å². The van der Waals surface area contributed by atoms with Gasteiger partial charge in [-0.2, -0.15) is 18.3 Å². The van der Waals surface area contributed by atoms with Crippen molar-refractivity contribution >= 4 is 11.7 Å². The standard InChI is InChI=1S/C11H13F3N4O/c1-3-5-15-10(19)8(2)16-9-4-6-18(17-9)7-11(12,13)14/h1,4,6,8H,5,7H2,2H3,(H,15,19)(H,16,17). The minimum atomic E-state index is -4.33. The molecule has 1 unspecified atom stereocenters. The predicted octanol–water partition coefficient (Wildman–Crippen LogP) is 0.995. The minimum Gasteiger partial charge on any atom is -0.357 e. The van der Waals surface area contributed by atoms with Crippen LogP contribution in [-0.4, -0.2) is 34.5 Å². The fourth-order valence-corrected chi connectivity index (χ4v) is 1.29. The highest BCUT2D eigenvalue weighted by atomic mass is 19.4. The van der Waals surface area contributed by atoms with E-state index in [-0.39, 0.29) is 18.3 Å². The molecule has 0 spiro atoms. The molecule has 0 aliphatic rings. The molecular weight excluding hydrogens is 261 g/mol. The van der Waals surface area contributed by atoms with Crippen molar-refractivity contribution in [2.45, 2.75) is 25.7 Å². The Labute approximate surface area is 108 Å². The predicted molar refractivity (Wildman–Crippen MR) is 63.2 cm³/mol. The van der Waals surface area contributed by atoms with Crippen LogP contribution in [0.4, 0.5) is 19.0 Å². The van der Waals surface area contributed by atoms with Crippen LogP contribution >= 0.6 is 0 Å². The van der Waals surface area contributed by atoms with E-state index in [1.807, 2.05) is 0 Å². The van der Waals surface area contributed by atoms with Crippen molar-refractivity contribution in [2.24, 2.45) is 0 Å². The van der Waals surface area contributed by atoms with E-state index in [1.54, 1.807) is 6.92 Å². The second-order valence-electron chi connectivity index (χ2n) is 3.80. The lowest BCUT2D eigenvalue weighted by Crippen LogP contribution is -2.37. The smallest absolute Gasteiger partial charge is 0.357 e. The number of halogens is 3. The van der Waals surface area contributed by atoms with Crippen LogP contribution in [0.1, 0.15) is 6.92 Å². The third-order valence-corrected chi connectivity index (χ3v) is 2.10. The molecule has 2 N–H and O–H groups in total. The average molecular weight is 274 g/mol. The molecule has 0 saturated heterocycles. The molecule has 0 aliphatic carbocycles. The Morgan fingerprint density at radius 1 is 1.63 bits per heavy atom. The van der Waals surface area contributed by atoms with E-state index >= 15 is 0 Å². The second kappa shape index (κ2) is 6.13. The number of carbonyl (C=O) groups is 1. The minimum absolute atomic E-state index is 0.0906. The van der Waals surface area contributed by atoms with Crippen LogP contribution in [0.5, 0.6) is 0 Å². The van der Waals surface area contributed by atoms with E-state index in [2.05, 4.69) is 21.7 Å². The van der Waals surface area contributed by atoms with Crippen LogP contribution in [-0.2, 0) is 11.3 Å². The first kappa shape index (κ1) is 14.9. The topological polar surface area (TPSA) is 59.0 Å². The number of nitrogens with zero attached hydrogens (tertiary/aromatic N) is 2. The monoisotopic (exact) mass is 274 g/mol. The number of terminal acetylenes is 1. The summed E-state index contributed by atoms with van der Waals surface area (Å²) in [5.74, 6) is 2.07. The zero-order valence-corrected chi connectivity index (χ0v) is 10.2. The van der Waals surface area contributed by atoms with Gasteiger partial charge in [0.2, 0.25) is 5.91 Å². The molecule has 1 atom stereocenters. The molecule has 0 aromatic carbocycles. The van der Waals surface area contributed by atoms with Crippen molar-refractivity contribution in [1.29, 1.82) is 0 Å². The van der Waals surface area contributed by atoms with Gasteiger partial charge in [-0.05, 0) is 6.92 Å². The number of hydrogen-bond acceptors (Lipinski definition) is 3.